The predicted octanol–water partition coefficient (Wildman–Crippen LogP) is 5.29. The van der Waals surface area contributed by atoms with Crippen LogP contribution < -0.4 is 0 Å². The van der Waals surface area contributed by atoms with Gasteiger partial charge in [-0.2, -0.15) is 0 Å². The van der Waals surface area contributed by atoms with Gasteiger partial charge < -0.3 is 8.83 Å². The maximum absolute atomic E-state index is 10.8. The number of nitro groups is 2. The molecule has 0 saturated heterocycles. The van der Waals surface area contributed by atoms with Gasteiger partial charge in [-0.15, -0.1) is 20.4 Å². The van der Waals surface area contributed by atoms with E-state index in [1.807, 2.05) is 13.0 Å². The van der Waals surface area contributed by atoms with Crippen LogP contribution in [0.1, 0.15) is 17.5 Å². The van der Waals surface area contributed by atoms with Crippen LogP contribution in [0.2, 0.25) is 0 Å². The number of rotatable bonds is 10. The van der Waals surface area contributed by atoms with Crippen molar-refractivity contribution in [3.8, 4) is 22.9 Å². The van der Waals surface area contributed by atoms with Crippen molar-refractivity contribution in [2.45, 2.75) is 28.6 Å². The Morgan fingerprint density at radius 2 is 1.21 bits per heavy atom. The van der Waals surface area contributed by atoms with E-state index in [2.05, 4.69) is 30.4 Å². The first-order chi connectivity index (χ1) is 18.8. The van der Waals surface area contributed by atoms with E-state index in [0.29, 0.717) is 44.6 Å². The predicted molar refractivity (Wildman–Crippen MR) is 139 cm³/mol. The summed E-state index contributed by atoms with van der Waals surface area (Å²) >= 11 is 2.72. The van der Waals surface area contributed by atoms with E-state index < -0.39 is 9.85 Å². The molecule has 5 aromatic rings. The van der Waals surface area contributed by atoms with Gasteiger partial charge in [0.05, 0.1) is 21.4 Å². The fraction of sp³-hybridized carbons (Fsp3) is 0.130. The molecule has 0 amide bonds. The lowest BCUT2D eigenvalue weighted by Crippen LogP contribution is -1.94. The molecule has 0 aliphatic heterocycles. The van der Waals surface area contributed by atoms with Crippen LogP contribution in [0.25, 0.3) is 22.9 Å². The maximum Gasteiger partial charge on any atom is 0.269 e. The molecule has 0 N–H and O–H groups in total. The molecule has 0 spiro atoms. The Kier molecular flexibility index (Phi) is 7.55. The highest BCUT2D eigenvalue weighted by molar-refractivity contribution is 7.99. The summed E-state index contributed by atoms with van der Waals surface area (Å²) in [5.74, 6) is 1.96. The molecule has 0 aliphatic rings. The standard InChI is InChI=1S/C23H16N8O6S2/c1-13-10-20(38-11-18-26-28-21(36-18)14-2-6-16(7-3-14)30(32)33)25-23(24-13)39-12-19-27-29-22(37-19)15-4-8-17(9-5-15)31(34)35/h2-10H,11-12H2,1H3. The number of aryl methyl sites for hydroxylation is 1. The van der Waals surface area contributed by atoms with E-state index in [4.69, 9.17) is 8.83 Å². The van der Waals surface area contributed by atoms with Crippen molar-refractivity contribution < 1.29 is 18.7 Å². The molecule has 5 rings (SSSR count). The minimum Gasteiger partial charge on any atom is -0.420 e. The van der Waals surface area contributed by atoms with E-state index in [1.165, 1.54) is 47.8 Å². The van der Waals surface area contributed by atoms with E-state index in [-0.39, 0.29) is 23.2 Å². The zero-order valence-electron chi connectivity index (χ0n) is 20.0. The SMILES string of the molecule is Cc1cc(SCc2nnc(-c3ccc([N+](=O)[O-])cc3)o2)nc(SCc2nnc(-c3ccc([N+](=O)[O-])cc3)o2)n1. The Bertz CT molecular complexity index is 1520. The third-order valence-corrected chi connectivity index (χ3v) is 6.79. The van der Waals surface area contributed by atoms with Gasteiger partial charge in [0.2, 0.25) is 23.6 Å². The quantitative estimate of drug-likeness (QED) is 0.0699. The number of benzene rings is 2. The average molecular weight is 565 g/mol. The molecule has 0 radical (unpaired) electrons. The monoisotopic (exact) mass is 564 g/mol. The molecule has 0 bridgehead atoms. The number of thioether (sulfide) groups is 2. The van der Waals surface area contributed by atoms with Gasteiger partial charge in [-0.25, -0.2) is 9.97 Å². The summed E-state index contributed by atoms with van der Waals surface area (Å²) in [7, 11) is 0. The molecule has 2 aromatic carbocycles. The summed E-state index contributed by atoms with van der Waals surface area (Å²) in [5, 5.41) is 39.0. The number of hydrogen-bond acceptors (Lipinski definition) is 14. The number of non-ortho nitro benzene ring substituents is 2. The van der Waals surface area contributed by atoms with Crippen molar-refractivity contribution in [2.24, 2.45) is 0 Å². The van der Waals surface area contributed by atoms with Crippen LogP contribution in [0.4, 0.5) is 11.4 Å². The fourth-order valence-electron chi connectivity index (χ4n) is 3.22. The molecule has 3 aromatic heterocycles. The molecule has 0 fully saturated rings. The summed E-state index contributed by atoms with van der Waals surface area (Å²) in [5.41, 5.74) is 1.88. The van der Waals surface area contributed by atoms with Gasteiger partial charge in [0.15, 0.2) is 5.16 Å². The second kappa shape index (κ2) is 11.4. The first-order valence-electron chi connectivity index (χ1n) is 11.1. The van der Waals surface area contributed by atoms with Crippen LogP contribution in [0, 0.1) is 27.2 Å². The summed E-state index contributed by atoms with van der Waals surface area (Å²) < 4.78 is 11.4. The molecule has 3 heterocycles. The first-order valence-corrected chi connectivity index (χ1v) is 13.1. The summed E-state index contributed by atoms with van der Waals surface area (Å²) in [6.07, 6.45) is 0. The molecular formula is C23H16N8O6S2. The molecule has 0 aliphatic carbocycles. The van der Waals surface area contributed by atoms with Crippen molar-refractivity contribution in [1.29, 1.82) is 0 Å². The number of nitro benzene ring substituents is 2. The van der Waals surface area contributed by atoms with E-state index in [0.717, 1.165) is 5.69 Å². The van der Waals surface area contributed by atoms with Crippen molar-refractivity contribution >= 4 is 34.9 Å². The Labute approximate surface area is 227 Å². The van der Waals surface area contributed by atoms with Crippen LogP contribution in [-0.2, 0) is 11.5 Å². The Hall–Kier alpha value is -4.70. The molecular weight excluding hydrogens is 548 g/mol. The zero-order chi connectivity index (χ0) is 27.4. The topological polar surface area (TPSA) is 190 Å². The average Bonchev–Trinajstić information content (AvgIpc) is 3.61. The van der Waals surface area contributed by atoms with Gasteiger partial charge in [0.25, 0.3) is 11.4 Å². The minimum atomic E-state index is -0.477. The first kappa shape index (κ1) is 25.9. The molecule has 14 nitrogen and oxygen atoms in total. The maximum atomic E-state index is 10.8. The molecule has 39 heavy (non-hydrogen) atoms. The lowest BCUT2D eigenvalue weighted by molar-refractivity contribution is -0.385. The Morgan fingerprint density at radius 1 is 0.718 bits per heavy atom. The van der Waals surface area contributed by atoms with E-state index in [9.17, 15) is 20.2 Å². The highest BCUT2D eigenvalue weighted by Gasteiger charge is 2.14. The Morgan fingerprint density at radius 3 is 1.69 bits per heavy atom. The molecule has 0 saturated carbocycles. The number of hydrogen-bond donors (Lipinski definition) is 0. The Balaban J connectivity index is 1.19. The number of aromatic nitrogens is 6. The highest BCUT2D eigenvalue weighted by atomic mass is 32.2. The van der Waals surface area contributed by atoms with E-state index >= 15 is 0 Å². The molecule has 16 heteroatoms. The van der Waals surface area contributed by atoms with Gasteiger partial charge in [-0.3, -0.25) is 20.2 Å². The van der Waals surface area contributed by atoms with Crippen molar-refractivity contribution in [1.82, 2.24) is 30.4 Å². The number of nitrogens with zero attached hydrogens (tertiary/aromatic N) is 8. The van der Waals surface area contributed by atoms with Crippen molar-refractivity contribution in [3.63, 3.8) is 0 Å². The highest BCUT2D eigenvalue weighted by Crippen LogP contribution is 2.28. The third kappa shape index (κ3) is 6.42. The van der Waals surface area contributed by atoms with Gasteiger partial charge in [0, 0.05) is 41.1 Å². The van der Waals surface area contributed by atoms with Gasteiger partial charge >= 0.3 is 0 Å². The van der Waals surface area contributed by atoms with Crippen LogP contribution in [0.3, 0.4) is 0 Å². The van der Waals surface area contributed by atoms with E-state index in [1.54, 1.807) is 24.3 Å². The minimum absolute atomic E-state index is 0.0223. The van der Waals surface area contributed by atoms with Crippen LogP contribution in [0.15, 0.2) is 73.6 Å². The van der Waals surface area contributed by atoms with Crippen LogP contribution in [0.5, 0.6) is 0 Å². The summed E-state index contributed by atoms with van der Waals surface area (Å²) in [4.78, 5) is 29.7. The van der Waals surface area contributed by atoms with Gasteiger partial charge in [-0.1, -0.05) is 23.5 Å². The smallest absolute Gasteiger partial charge is 0.269 e. The van der Waals surface area contributed by atoms with Gasteiger partial charge in [0.1, 0.15) is 5.03 Å². The lowest BCUT2D eigenvalue weighted by atomic mass is 10.2. The van der Waals surface area contributed by atoms with Crippen LogP contribution >= 0.6 is 23.5 Å². The largest absolute Gasteiger partial charge is 0.420 e. The summed E-state index contributed by atoms with van der Waals surface area (Å²) in [6.45, 7) is 1.86. The normalized spacial score (nSPS) is 11.0. The molecule has 0 unspecified atom stereocenters. The second-order valence-electron chi connectivity index (χ2n) is 7.82. The lowest BCUT2D eigenvalue weighted by Gasteiger charge is -2.03. The second-order valence-corrected chi connectivity index (χ2v) is 9.76. The molecule has 0 atom stereocenters. The fourth-order valence-corrected chi connectivity index (χ4v) is 4.81. The third-order valence-electron chi connectivity index (χ3n) is 5.06. The van der Waals surface area contributed by atoms with Crippen LogP contribution in [-0.4, -0.2) is 40.2 Å². The van der Waals surface area contributed by atoms with Crippen molar-refractivity contribution in [2.75, 3.05) is 0 Å². The van der Waals surface area contributed by atoms with Gasteiger partial charge in [-0.05, 0) is 37.3 Å². The molecule has 196 valence electrons. The summed E-state index contributed by atoms with van der Waals surface area (Å²) in [6, 6.07) is 13.5. The van der Waals surface area contributed by atoms with Crippen molar-refractivity contribution in [3.05, 3.63) is 92.3 Å². The zero-order valence-corrected chi connectivity index (χ0v) is 21.6.